The van der Waals surface area contributed by atoms with Gasteiger partial charge in [-0.05, 0) is 24.5 Å². The lowest BCUT2D eigenvalue weighted by Gasteiger charge is -2.37. The van der Waals surface area contributed by atoms with E-state index in [9.17, 15) is 9.18 Å². The molecule has 1 aromatic carbocycles. The average Bonchev–Trinajstić information content (AvgIpc) is 3.20. The summed E-state index contributed by atoms with van der Waals surface area (Å²) in [5.74, 6) is -0.149. The molecule has 2 heterocycles. The Morgan fingerprint density at radius 1 is 1.11 bits per heavy atom. The van der Waals surface area contributed by atoms with E-state index < -0.39 is 6.09 Å². The lowest BCUT2D eigenvalue weighted by Crippen LogP contribution is -2.48. The van der Waals surface area contributed by atoms with Gasteiger partial charge in [-0.2, -0.15) is 0 Å². The summed E-state index contributed by atoms with van der Waals surface area (Å²) in [6.45, 7) is 2.27. The molecule has 0 unspecified atom stereocenters. The standard InChI is InChI=1S/C20H24FN3O2S/c21-16-7-3-2-6-15(16)20(8-4-1-5-9-20)17-14-27-18(22-17)23-10-12-24(13-11-23)19(25)26/h2-3,6-7,14H,1,4-5,8-13H2,(H,25,26). The fraction of sp³-hybridized carbons (Fsp3) is 0.500. The van der Waals surface area contributed by atoms with Crippen molar-refractivity contribution >= 4 is 22.6 Å². The highest BCUT2D eigenvalue weighted by atomic mass is 32.1. The Balaban J connectivity index is 1.62. The number of hydrogen-bond acceptors (Lipinski definition) is 4. The van der Waals surface area contributed by atoms with Crippen LogP contribution >= 0.6 is 11.3 Å². The van der Waals surface area contributed by atoms with E-state index in [0.29, 0.717) is 26.2 Å². The number of anilines is 1. The minimum atomic E-state index is -0.866. The van der Waals surface area contributed by atoms with E-state index in [1.54, 1.807) is 23.5 Å². The third-order valence-corrected chi connectivity index (χ3v) is 6.80. The van der Waals surface area contributed by atoms with Gasteiger partial charge < -0.3 is 14.9 Å². The number of amides is 1. The Kier molecular flexibility index (Phi) is 5.04. The SMILES string of the molecule is O=C(O)N1CCN(c2nc(C3(c4ccccc4F)CCCCC3)cs2)CC1. The van der Waals surface area contributed by atoms with Gasteiger partial charge in [0.15, 0.2) is 5.13 Å². The molecule has 0 spiro atoms. The van der Waals surface area contributed by atoms with Gasteiger partial charge >= 0.3 is 6.09 Å². The maximum Gasteiger partial charge on any atom is 0.407 e. The summed E-state index contributed by atoms with van der Waals surface area (Å²) in [5.41, 5.74) is 1.38. The largest absolute Gasteiger partial charge is 0.465 e. The zero-order valence-corrected chi connectivity index (χ0v) is 16.1. The van der Waals surface area contributed by atoms with Crippen LogP contribution in [0.15, 0.2) is 29.6 Å². The number of benzene rings is 1. The van der Waals surface area contributed by atoms with E-state index in [1.807, 2.05) is 12.1 Å². The van der Waals surface area contributed by atoms with Crippen molar-refractivity contribution in [3.63, 3.8) is 0 Å². The van der Waals surface area contributed by atoms with Gasteiger partial charge in [0.05, 0.1) is 5.69 Å². The van der Waals surface area contributed by atoms with Crippen LogP contribution in [0, 0.1) is 5.82 Å². The summed E-state index contributed by atoms with van der Waals surface area (Å²) in [5, 5.41) is 12.1. The van der Waals surface area contributed by atoms with Crippen LogP contribution < -0.4 is 4.90 Å². The first-order chi connectivity index (χ1) is 13.1. The van der Waals surface area contributed by atoms with Gasteiger partial charge in [0.1, 0.15) is 5.82 Å². The smallest absolute Gasteiger partial charge is 0.407 e. The average molecular weight is 389 g/mol. The van der Waals surface area contributed by atoms with Crippen molar-refractivity contribution in [2.45, 2.75) is 37.5 Å². The lowest BCUT2D eigenvalue weighted by molar-refractivity contribution is 0.142. The van der Waals surface area contributed by atoms with E-state index in [-0.39, 0.29) is 11.2 Å². The number of hydrogen-bond donors (Lipinski definition) is 1. The van der Waals surface area contributed by atoms with Crippen LogP contribution in [0.25, 0.3) is 0 Å². The van der Waals surface area contributed by atoms with Crippen LogP contribution in [0.1, 0.15) is 43.4 Å². The van der Waals surface area contributed by atoms with Gasteiger partial charge in [0.2, 0.25) is 0 Å². The molecular formula is C20H24FN3O2S. The van der Waals surface area contributed by atoms with Crippen molar-refractivity contribution in [3.05, 3.63) is 46.7 Å². The van der Waals surface area contributed by atoms with E-state index in [0.717, 1.165) is 42.1 Å². The Hall–Kier alpha value is -2.15. The van der Waals surface area contributed by atoms with Gasteiger partial charge in [-0.1, -0.05) is 37.5 Å². The lowest BCUT2D eigenvalue weighted by atomic mass is 9.67. The molecule has 1 N–H and O–H groups in total. The highest BCUT2D eigenvalue weighted by Gasteiger charge is 2.40. The predicted molar refractivity (Wildman–Crippen MR) is 104 cm³/mol. The third-order valence-electron chi connectivity index (χ3n) is 5.90. The number of nitrogens with zero attached hydrogens (tertiary/aromatic N) is 3. The molecule has 27 heavy (non-hydrogen) atoms. The number of carbonyl (C=O) groups is 1. The summed E-state index contributed by atoms with van der Waals surface area (Å²) in [4.78, 5) is 19.6. The van der Waals surface area contributed by atoms with Gasteiger partial charge in [-0.3, -0.25) is 0 Å². The molecule has 0 bridgehead atoms. The normalized spacial score (nSPS) is 19.9. The minimum absolute atomic E-state index is 0.149. The fourth-order valence-electron chi connectivity index (χ4n) is 4.39. The molecule has 0 atom stereocenters. The molecule has 144 valence electrons. The van der Waals surface area contributed by atoms with Crippen molar-refractivity contribution in [2.75, 3.05) is 31.1 Å². The van der Waals surface area contributed by atoms with Crippen molar-refractivity contribution in [2.24, 2.45) is 0 Å². The van der Waals surface area contributed by atoms with Crippen LogP contribution in [0.3, 0.4) is 0 Å². The first-order valence-electron chi connectivity index (χ1n) is 9.54. The molecule has 0 radical (unpaired) electrons. The summed E-state index contributed by atoms with van der Waals surface area (Å²) in [7, 11) is 0. The molecule has 2 aromatic rings. The quantitative estimate of drug-likeness (QED) is 0.849. The van der Waals surface area contributed by atoms with Crippen molar-refractivity contribution in [3.8, 4) is 0 Å². The molecule has 1 aliphatic carbocycles. The van der Waals surface area contributed by atoms with E-state index >= 15 is 0 Å². The van der Waals surface area contributed by atoms with Crippen LogP contribution in [-0.2, 0) is 5.41 Å². The van der Waals surface area contributed by atoms with E-state index in [4.69, 9.17) is 10.1 Å². The molecule has 7 heteroatoms. The molecule has 1 saturated heterocycles. The van der Waals surface area contributed by atoms with Crippen LogP contribution in [0.4, 0.5) is 14.3 Å². The van der Waals surface area contributed by atoms with Crippen LogP contribution in [0.5, 0.6) is 0 Å². The predicted octanol–water partition coefficient (Wildman–Crippen LogP) is 4.33. The summed E-state index contributed by atoms with van der Waals surface area (Å²) >= 11 is 1.58. The molecule has 2 fully saturated rings. The monoisotopic (exact) mass is 389 g/mol. The second-order valence-corrected chi connectivity index (χ2v) is 8.23. The third kappa shape index (κ3) is 3.40. The summed E-state index contributed by atoms with van der Waals surface area (Å²) < 4.78 is 14.7. The molecule has 1 aliphatic heterocycles. The second-order valence-electron chi connectivity index (χ2n) is 7.39. The molecular weight excluding hydrogens is 365 g/mol. The zero-order chi connectivity index (χ0) is 18.9. The number of piperazine rings is 1. The highest BCUT2D eigenvalue weighted by molar-refractivity contribution is 7.13. The van der Waals surface area contributed by atoms with Crippen LogP contribution in [0.2, 0.25) is 0 Å². The van der Waals surface area contributed by atoms with Crippen molar-refractivity contribution in [1.82, 2.24) is 9.88 Å². The molecule has 1 saturated carbocycles. The maximum atomic E-state index is 14.7. The van der Waals surface area contributed by atoms with Crippen LogP contribution in [-0.4, -0.2) is 47.3 Å². The number of halogens is 1. The molecule has 1 amide bonds. The molecule has 1 aromatic heterocycles. The molecule has 5 nitrogen and oxygen atoms in total. The number of carboxylic acid groups (broad SMARTS) is 1. The Bertz CT molecular complexity index is 811. The van der Waals surface area contributed by atoms with Gasteiger partial charge in [0.25, 0.3) is 0 Å². The van der Waals surface area contributed by atoms with Gasteiger partial charge in [0, 0.05) is 37.0 Å². The van der Waals surface area contributed by atoms with Gasteiger partial charge in [-0.15, -0.1) is 11.3 Å². The Morgan fingerprint density at radius 2 is 1.81 bits per heavy atom. The first kappa shape index (κ1) is 18.2. The minimum Gasteiger partial charge on any atom is -0.465 e. The first-order valence-corrected chi connectivity index (χ1v) is 10.4. The topological polar surface area (TPSA) is 56.7 Å². The second kappa shape index (κ2) is 7.46. The van der Waals surface area contributed by atoms with Crippen molar-refractivity contribution < 1.29 is 14.3 Å². The Morgan fingerprint density at radius 3 is 2.48 bits per heavy atom. The summed E-state index contributed by atoms with van der Waals surface area (Å²) in [6.07, 6.45) is 4.32. The molecule has 4 rings (SSSR count). The van der Waals surface area contributed by atoms with Gasteiger partial charge in [-0.25, -0.2) is 14.2 Å². The number of rotatable bonds is 3. The zero-order valence-electron chi connectivity index (χ0n) is 15.2. The maximum absolute atomic E-state index is 14.7. The number of aromatic nitrogens is 1. The van der Waals surface area contributed by atoms with Crippen molar-refractivity contribution in [1.29, 1.82) is 0 Å². The highest BCUT2D eigenvalue weighted by Crippen LogP contribution is 2.46. The van der Waals surface area contributed by atoms with E-state index in [1.165, 1.54) is 11.3 Å². The molecule has 2 aliphatic rings. The number of thiazole rings is 1. The summed E-state index contributed by atoms with van der Waals surface area (Å²) in [6, 6.07) is 7.10. The fourth-order valence-corrected chi connectivity index (χ4v) is 5.36. The Labute approximate surface area is 162 Å². The van der Waals surface area contributed by atoms with E-state index in [2.05, 4.69) is 10.3 Å².